The Morgan fingerprint density at radius 1 is 1.03 bits per heavy atom. The van der Waals surface area contributed by atoms with E-state index in [2.05, 4.69) is 14.6 Å². The summed E-state index contributed by atoms with van der Waals surface area (Å²) in [4.78, 5) is 35.5. The molecule has 9 nitrogen and oxygen atoms in total. The second-order valence-corrected chi connectivity index (χ2v) is 11.8. The summed E-state index contributed by atoms with van der Waals surface area (Å²) in [5.74, 6) is 0.130. The van der Waals surface area contributed by atoms with Gasteiger partial charge in [0.2, 0.25) is 15.9 Å². The van der Waals surface area contributed by atoms with Gasteiger partial charge in [-0.2, -0.15) is 0 Å². The van der Waals surface area contributed by atoms with E-state index in [1.54, 1.807) is 30.5 Å². The minimum absolute atomic E-state index is 0.00451. The van der Waals surface area contributed by atoms with Gasteiger partial charge in [0.25, 0.3) is 5.91 Å². The van der Waals surface area contributed by atoms with Crippen LogP contribution in [0, 0.1) is 0 Å². The number of carbonyl (C=O) groups is 2. The molecule has 0 atom stereocenters. The molecule has 1 aliphatic carbocycles. The molecule has 11 heteroatoms. The minimum atomic E-state index is -3.44. The number of nitrogens with zero attached hydrogens (tertiary/aromatic N) is 4. The Morgan fingerprint density at radius 3 is 2.35 bits per heavy atom. The predicted octanol–water partition coefficient (Wildman–Crippen LogP) is 1.19. The van der Waals surface area contributed by atoms with Crippen LogP contribution in [-0.2, 0) is 21.2 Å². The van der Waals surface area contributed by atoms with Gasteiger partial charge < -0.3 is 9.80 Å². The topological polar surface area (TPSA) is 103 Å². The van der Waals surface area contributed by atoms with Crippen molar-refractivity contribution < 1.29 is 18.0 Å². The van der Waals surface area contributed by atoms with Crippen LogP contribution in [0.5, 0.6) is 0 Å². The molecule has 3 fully saturated rings. The predicted molar refractivity (Wildman–Crippen MR) is 128 cm³/mol. The number of aromatic nitrogens is 1. The van der Waals surface area contributed by atoms with E-state index in [-0.39, 0.29) is 22.8 Å². The molecular weight excluding hydrogens is 474 g/mol. The molecule has 5 rings (SSSR count). The molecule has 0 spiro atoms. The van der Waals surface area contributed by atoms with Gasteiger partial charge in [-0.25, -0.2) is 18.1 Å². The lowest BCUT2D eigenvalue weighted by molar-refractivity contribution is -0.139. The zero-order valence-corrected chi connectivity index (χ0v) is 20.6. The second kappa shape index (κ2) is 9.73. The molecule has 1 N–H and O–H groups in total. The highest BCUT2D eigenvalue weighted by atomic mass is 32.2. The van der Waals surface area contributed by atoms with Crippen LogP contribution in [0.15, 0.2) is 40.7 Å². The summed E-state index contributed by atoms with van der Waals surface area (Å²) in [5, 5.41) is 2.36. The van der Waals surface area contributed by atoms with Gasteiger partial charge in [0.15, 0.2) is 5.01 Å². The number of likely N-dealkylation sites (tertiary alicyclic amines) is 1. The van der Waals surface area contributed by atoms with Crippen molar-refractivity contribution >= 4 is 33.2 Å². The fourth-order valence-electron chi connectivity index (χ4n) is 4.38. The zero-order valence-electron chi connectivity index (χ0n) is 18.9. The van der Waals surface area contributed by atoms with Gasteiger partial charge in [-0.05, 0) is 37.0 Å². The number of rotatable bonds is 8. The van der Waals surface area contributed by atoms with Gasteiger partial charge in [-0.15, -0.1) is 11.3 Å². The van der Waals surface area contributed by atoms with E-state index in [0.717, 1.165) is 44.6 Å². The number of amides is 2. The second-order valence-electron chi connectivity index (χ2n) is 9.16. The van der Waals surface area contributed by atoms with Crippen molar-refractivity contribution in [1.82, 2.24) is 24.4 Å². The highest BCUT2D eigenvalue weighted by molar-refractivity contribution is 7.89. The highest BCUT2D eigenvalue weighted by Crippen LogP contribution is 2.23. The number of carbonyl (C=O) groups excluding carboxylic acids is 2. The Balaban J connectivity index is 1.03. The smallest absolute Gasteiger partial charge is 0.282 e. The number of piperazine rings is 1. The first-order valence-electron chi connectivity index (χ1n) is 11.7. The van der Waals surface area contributed by atoms with E-state index in [1.165, 1.54) is 11.3 Å². The molecule has 1 aromatic carbocycles. The Hall–Kier alpha value is -2.34. The van der Waals surface area contributed by atoms with Gasteiger partial charge in [0, 0.05) is 69.3 Å². The maximum atomic E-state index is 12.6. The third kappa shape index (κ3) is 5.32. The third-order valence-corrected chi connectivity index (χ3v) is 9.01. The molecule has 0 bridgehead atoms. The summed E-state index contributed by atoms with van der Waals surface area (Å²) in [6.07, 6.45) is 4.46. The van der Waals surface area contributed by atoms with Crippen LogP contribution in [0.25, 0.3) is 0 Å². The maximum absolute atomic E-state index is 12.6. The zero-order chi connectivity index (χ0) is 23.7. The average Bonchev–Trinajstić information content (AvgIpc) is 3.43. The molecule has 1 aromatic heterocycles. The molecule has 0 radical (unpaired) electrons. The lowest BCUT2D eigenvalue weighted by Crippen LogP contribution is -2.64. The van der Waals surface area contributed by atoms with E-state index < -0.39 is 10.0 Å². The Bertz CT molecular complexity index is 1120. The Labute approximate surface area is 203 Å². The first-order valence-corrected chi connectivity index (χ1v) is 14.1. The summed E-state index contributed by atoms with van der Waals surface area (Å²) < 4.78 is 27.2. The summed E-state index contributed by atoms with van der Waals surface area (Å²) in [6, 6.07) is 7.24. The molecule has 1 saturated carbocycles. The Morgan fingerprint density at radius 2 is 1.74 bits per heavy atom. The molecule has 2 saturated heterocycles. The number of hydrogen-bond donors (Lipinski definition) is 1. The van der Waals surface area contributed by atoms with Gasteiger partial charge in [0.1, 0.15) is 0 Å². The lowest BCUT2D eigenvalue weighted by Gasteiger charge is -2.48. The van der Waals surface area contributed by atoms with Crippen molar-refractivity contribution in [3.8, 4) is 0 Å². The number of nitrogens with one attached hydrogen (secondary N) is 1. The molecule has 2 amide bonds. The largest absolute Gasteiger partial charge is 0.339 e. The number of sulfonamides is 1. The molecule has 2 aliphatic heterocycles. The van der Waals surface area contributed by atoms with E-state index in [9.17, 15) is 18.0 Å². The molecule has 34 heavy (non-hydrogen) atoms. The quantitative estimate of drug-likeness (QED) is 0.581. The molecule has 182 valence electrons. The summed E-state index contributed by atoms with van der Waals surface area (Å²) in [7, 11) is -3.44. The molecule has 0 unspecified atom stereocenters. The van der Waals surface area contributed by atoms with Crippen molar-refractivity contribution in [3.05, 3.63) is 46.4 Å². The fourth-order valence-corrected chi connectivity index (χ4v) is 6.28. The molecular formula is C23H29N5O4S2. The van der Waals surface area contributed by atoms with Gasteiger partial charge >= 0.3 is 0 Å². The SMILES string of the molecule is O=C(CCc1ccc(S(=O)(=O)NC2CC2)cc1)N1CC(N2CCN(C(=O)c3nccs3)CC2)C1. The fraction of sp³-hybridized carbons (Fsp3) is 0.522. The summed E-state index contributed by atoms with van der Waals surface area (Å²) >= 11 is 1.37. The first kappa shape index (κ1) is 23.4. The van der Waals surface area contributed by atoms with Crippen molar-refractivity contribution in [2.45, 2.75) is 42.7 Å². The van der Waals surface area contributed by atoms with Crippen LogP contribution in [-0.4, -0.2) is 91.3 Å². The van der Waals surface area contributed by atoms with E-state index >= 15 is 0 Å². The van der Waals surface area contributed by atoms with Crippen LogP contribution in [0.3, 0.4) is 0 Å². The minimum Gasteiger partial charge on any atom is -0.339 e. The van der Waals surface area contributed by atoms with Crippen molar-refractivity contribution in [2.24, 2.45) is 0 Å². The van der Waals surface area contributed by atoms with Gasteiger partial charge in [0.05, 0.1) is 4.90 Å². The van der Waals surface area contributed by atoms with Crippen LogP contribution in [0.4, 0.5) is 0 Å². The van der Waals surface area contributed by atoms with Crippen LogP contribution >= 0.6 is 11.3 Å². The lowest BCUT2D eigenvalue weighted by atomic mass is 10.0. The molecule has 3 aliphatic rings. The van der Waals surface area contributed by atoms with Crippen molar-refractivity contribution in [2.75, 3.05) is 39.3 Å². The molecule has 3 heterocycles. The number of benzene rings is 1. The van der Waals surface area contributed by atoms with Crippen molar-refractivity contribution in [1.29, 1.82) is 0 Å². The number of hydrogen-bond acceptors (Lipinski definition) is 7. The average molecular weight is 504 g/mol. The number of aryl methyl sites for hydroxylation is 1. The van der Waals surface area contributed by atoms with Crippen LogP contribution < -0.4 is 4.72 Å². The van der Waals surface area contributed by atoms with Crippen LogP contribution in [0.1, 0.15) is 34.6 Å². The monoisotopic (exact) mass is 503 g/mol. The normalized spacial score (nSPS) is 19.8. The maximum Gasteiger partial charge on any atom is 0.282 e. The highest BCUT2D eigenvalue weighted by Gasteiger charge is 2.36. The number of thiazole rings is 1. The van der Waals surface area contributed by atoms with Gasteiger partial charge in [-0.3, -0.25) is 14.5 Å². The van der Waals surface area contributed by atoms with E-state index in [4.69, 9.17) is 0 Å². The van der Waals surface area contributed by atoms with E-state index in [0.29, 0.717) is 37.0 Å². The van der Waals surface area contributed by atoms with E-state index in [1.807, 2.05) is 15.2 Å². The summed E-state index contributed by atoms with van der Waals surface area (Å²) in [6.45, 7) is 4.45. The molecule has 2 aromatic rings. The summed E-state index contributed by atoms with van der Waals surface area (Å²) in [5.41, 5.74) is 0.955. The standard InChI is InChI=1S/C23H29N5O4S2/c29-21(8-3-17-1-6-20(7-2-17)34(31,32)25-18-4-5-18)28-15-19(16-28)26-10-12-27(13-11-26)23(30)22-24-9-14-33-22/h1-2,6-7,9,14,18-19,25H,3-5,8,10-13,15-16H2. The van der Waals surface area contributed by atoms with Crippen LogP contribution in [0.2, 0.25) is 0 Å². The van der Waals surface area contributed by atoms with Crippen molar-refractivity contribution in [3.63, 3.8) is 0 Å². The third-order valence-electron chi connectivity index (χ3n) is 6.71. The first-order chi connectivity index (χ1) is 16.4. The Kier molecular flexibility index (Phi) is 6.70. The van der Waals surface area contributed by atoms with Gasteiger partial charge in [-0.1, -0.05) is 12.1 Å².